The normalized spacial score (nSPS) is 19.2. The highest BCUT2D eigenvalue weighted by atomic mass is 16.5. The molecule has 2 N–H and O–H groups in total. The van der Waals surface area contributed by atoms with Gasteiger partial charge in [-0.15, -0.1) is 0 Å². The largest absolute Gasteiger partial charge is 0.466 e. The smallest absolute Gasteiger partial charge is 0.321 e. The Kier molecular flexibility index (Phi) is 9.53. The lowest BCUT2D eigenvalue weighted by molar-refractivity contribution is -0.144. The number of ether oxygens (including phenoxy) is 1. The Morgan fingerprint density at radius 2 is 1.72 bits per heavy atom. The second-order valence-corrected chi connectivity index (χ2v) is 9.00. The predicted octanol–water partition coefficient (Wildman–Crippen LogP) is 3.59. The SMILES string of the molecule is CCOC(=O)C[C@H](c1ccccc1)C1CCN(CC(=O)NC(=O)NC2CCCCC2)CC1. The predicted molar refractivity (Wildman–Crippen MR) is 123 cm³/mol. The quantitative estimate of drug-likeness (QED) is 0.600. The fourth-order valence-corrected chi connectivity index (χ4v) is 5.01. The van der Waals surface area contributed by atoms with Crippen LogP contribution in [0.15, 0.2) is 30.3 Å². The minimum absolute atomic E-state index is 0.118. The van der Waals surface area contributed by atoms with E-state index in [0.29, 0.717) is 18.9 Å². The number of carbonyl (C=O) groups is 3. The molecule has 0 aromatic heterocycles. The number of urea groups is 1. The second kappa shape index (κ2) is 12.6. The van der Waals surface area contributed by atoms with Crippen LogP contribution in [0.25, 0.3) is 0 Å². The summed E-state index contributed by atoms with van der Waals surface area (Å²) in [5.41, 5.74) is 1.16. The van der Waals surface area contributed by atoms with Crippen molar-refractivity contribution in [2.45, 2.75) is 70.3 Å². The molecule has 3 rings (SSSR count). The Bertz CT molecular complexity index is 741. The summed E-state index contributed by atoms with van der Waals surface area (Å²) in [6, 6.07) is 9.95. The lowest BCUT2D eigenvalue weighted by atomic mass is 9.78. The summed E-state index contributed by atoms with van der Waals surface area (Å²) in [5, 5.41) is 5.41. The molecule has 7 heteroatoms. The first-order chi connectivity index (χ1) is 15.5. The van der Waals surface area contributed by atoms with Gasteiger partial charge in [0.05, 0.1) is 19.6 Å². The number of benzene rings is 1. The van der Waals surface area contributed by atoms with E-state index in [2.05, 4.69) is 27.7 Å². The molecule has 1 aromatic rings. The maximum atomic E-state index is 12.3. The third-order valence-corrected chi connectivity index (χ3v) is 6.68. The van der Waals surface area contributed by atoms with Crippen LogP contribution in [0.4, 0.5) is 4.79 Å². The minimum Gasteiger partial charge on any atom is -0.466 e. The van der Waals surface area contributed by atoms with Gasteiger partial charge in [-0.05, 0) is 63.1 Å². The zero-order valence-corrected chi connectivity index (χ0v) is 19.2. The Morgan fingerprint density at radius 1 is 1.03 bits per heavy atom. The average Bonchev–Trinajstić information content (AvgIpc) is 2.79. The van der Waals surface area contributed by atoms with Gasteiger partial charge in [0.1, 0.15) is 0 Å². The third kappa shape index (κ3) is 7.62. The standard InChI is InChI=1S/C25H37N3O4/c1-2-32-24(30)17-22(19-9-5-3-6-10-19)20-13-15-28(16-14-20)18-23(29)27-25(31)26-21-11-7-4-8-12-21/h3,5-6,9-10,20-22H,2,4,7-8,11-18H2,1H3,(H2,26,27,29,31)/t22-/m1/s1. The number of esters is 1. The molecule has 1 aliphatic carbocycles. The van der Waals surface area contributed by atoms with Gasteiger partial charge in [-0.2, -0.15) is 0 Å². The Morgan fingerprint density at radius 3 is 2.38 bits per heavy atom. The van der Waals surface area contributed by atoms with Crippen molar-refractivity contribution in [3.63, 3.8) is 0 Å². The monoisotopic (exact) mass is 443 g/mol. The summed E-state index contributed by atoms with van der Waals surface area (Å²) in [6.45, 7) is 3.98. The first-order valence-electron chi connectivity index (χ1n) is 12.1. The van der Waals surface area contributed by atoms with Crippen LogP contribution in [-0.2, 0) is 14.3 Å². The van der Waals surface area contributed by atoms with Crippen LogP contribution >= 0.6 is 0 Å². The molecule has 32 heavy (non-hydrogen) atoms. The highest BCUT2D eigenvalue weighted by molar-refractivity contribution is 5.95. The van der Waals surface area contributed by atoms with E-state index in [4.69, 9.17) is 4.74 Å². The maximum Gasteiger partial charge on any atom is 0.321 e. The minimum atomic E-state index is -0.379. The fraction of sp³-hybridized carbons (Fsp3) is 0.640. The molecule has 7 nitrogen and oxygen atoms in total. The molecule has 0 bridgehead atoms. The van der Waals surface area contributed by atoms with Gasteiger partial charge in [-0.3, -0.25) is 19.8 Å². The zero-order valence-electron chi connectivity index (χ0n) is 19.2. The summed E-state index contributed by atoms with van der Waals surface area (Å²) >= 11 is 0. The lowest BCUT2D eigenvalue weighted by Crippen LogP contribution is -2.49. The molecule has 1 saturated heterocycles. The van der Waals surface area contributed by atoms with E-state index < -0.39 is 0 Å². The molecule has 2 aliphatic rings. The van der Waals surface area contributed by atoms with E-state index in [1.807, 2.05) is 25.1 Å². The molecule has 1 heterocycles. The topological polar surface area (TPSA) is 87.7 Å². The number of nitrogens with one attached hydrogen (secondary N) is 2. The summed E-state index contributed by atoms with van der Waals surface area (Å²) < 4.78 is 5.21. The third-order valence-electron chi connectivity index (χ3n) is 6.68. The fourth-order valence-electron chi connectivity index (χ4n) is 5.01. The summed E-state index contributed by atoms with van der Waals surface area (Å²) in [7, 11) is 0. The molecule has 176 valence electrons. The van der Waals surface area contributed by atoms with Crippen molar-refractivity contribution < 1.29 is 19.1 Å². The van der Waals surface area contributed by atoms with E-state index in [0.717, 1.165) is 57.2 Å². The van der Waals surface area contributed by atoms with Crippen molar-refractivity contribution in [3.05, 3.63) is 35.9 Å². The van der Waals surface area contributed by atoms with Gasteiger partial charge in [-0.1, -0.05) is 49.6 Å². The number of carbonyl (C=O) groups excluding carboxylic acids is 3. The second-order valence-electron chi connectivity index (χ2n) is 9.00. The Labute approximate surface area is 191 Å². The maximum absolute atomic E-state index is 12.3. The van der Waals surface area contributed by atoms with E-state index in [9.17, 15) is 14.4 Å². The van der Waals surface area contributed by atoms with Crippen molar-refractivity contribution >= 4 is 17.9 Å². The van der Waals surface area contributed by atoms with Crippen molar-refractivity contribution in [1.82, 2.24) is 15.5 Å². The average molecular weight is 444 g/mol. The van der Waals surface area contributed by atoms with E-state index in [1.54, 1.807) is 0 Å². The lowest BCUT2D eigenvalue weighted by Gasteiger charge is -2.35. The van der Waals surface area contributed by atoms with Crippen molar-refractivity contribution in [3.8, 4) is 0 Å². The van der Waals surface area contributed by atoms with Crippen molar-refractivity contribution in [1.29, 1.82) is 0 Å². The zero-order chi connectivity index (χ0) is 22.8. The van der Waals surface area contributed by atoms with E-state index in [-0.39, 0.29) is 36.4 Å². The molecule has 1 saturated carbocycles. The highest BCUT2D eigenvalue weighted by Crippen LogP contribution is 2.35. The number of likely N-dealkylation sites (tertiary alicyclic amines) is 1. The van der Waals surface area contributed by atoms with Crippen molar-refractivity contribution in [2.24, 2.45) is 5.92 Å². The number of hydrogen-bond acceptors (Lipinski definition) is 5. The van der Waals surface area contributed by atoms with Gasteiger partial charge in [-0.25, -0.2) is 4.79 Å². The first kappa shape index (κ1) is 24.2. The summed E-state index contributed by atoms with van der Waals surface area (Å²) in [6.07, 6.45) is 7.65. The number of imide groups is 1. The Hall–Kier alpha value is -2.41. The van der Waals surface area contributed by atoms with E-state index >= 15 is 0 Å². The van der Waals surface area contributed by atoms with Crippen molar-refractivity contribution in [2.75, 3.05) is 26.2 Å². The summed E-state index contributed by atoms with van der Waals surface area (Å²) in [4.78, 5) is 38.7. The Balaban J connectivity index is 1.46. The van der Waals surface area contributed by atoms with Gasteiger partial charge in [0.15, 0.2) is 0 Å². The molecule has 3 amide bonds. The van der Waals surface area contributed by atoms with E-state index in [1.165, 1.54) is 6.42 Å². The molecule has 1 aromatic carbocycles. The van der Waals surface area contributed by atoms with Crippen LogP contribution in [0.5, 0.6) is 0 Å². The van der Waals surface area contributed by atoms with Crippen LogP contribution in [0.1, 0.15) is 69.8 Å². The number of piperidine rings is 1. The van der Waals surface area contributed by atoms with Crippen LogP contribution in [-0.4, -0.2) is 55.1 Å². The van der Waals surface area contributed by atoms with Crippen LogP contribution < -0.4 is 10.6 Å². The van der Waals surface area contributed by atoms with Gasteiger partial charge in [0.2, 0.25) is 5.91 Å². The van der Waals surface area contributed by atoms with Crippen LogP contribution in [0, 0.1) is 5.92 Å². The molecule has 2 fully saturated rings. The van der Waals surface area contributed by atoms with Crippen LogP contribution in [0.3, 0.4) is 0 Å². The van der Waals surface area contributed by atoms with Gasteiger partial charge in [0, 0.05) is 6.04 Å². The number of amides is 3. The molecule has 1 aliphatic heterocycles. The van der Waals surface area contributed by atoms with Gasteiger partial charge >= 0.3 is 12.0 Å². The molecule has 1 atom stereocenters. The molecular formula is C25H37N3O4. The number of rotatable bonds is 8. The van der Waals surface area contributed by atoms with Gasteiger partial charge < -0.3 is 10.1 Å². The molecular weight excluding hydrogens is 406 g/mol. The molecule has 0 unspecified atom stereocenters. The van der Waals surface area contributed by atoms with Crippen LogP contribution in [0.2, 0.25) is 0 Å². The first-order valence-corrected chi connectivity index (χ1v) is 12.1. The highest BCUT2D eigenvalue weighted by Gasteiger charge is 2.30. The molecule has 0 spiro atoms. The van der Waals surface area contributed by atoms with Gasteiger partial charge in [0.25, 0.3) is 0 Å². The molecule has 0 radical (unpaired) electrons. The number of hydrogen-bond donors (Lipinski definition) is 2. The number of nitrogens with zero attached hydrogens (tertiary/aromatic N) is 1. The summed E-state index contributed by atoms with van der Waals surface area (Å²) in [5.74, 6) is 0.0539.